The van der Waals surface area contributed by atoms with E-state index in [1.165, 1.54) is 5.56 Å². The molecule has 0 spiro atoms. The van der Waals surface area contributed by atoms with Crippen molar-refractivity contribution in [2.24, 2.45) is 5.41 Å². The summed E-state index contributed by atoms with van der Waals surface area (Å²) in [6, 6.07) is 8.23. The summed E-state index contributed by atoms with van der Waals surface area (Å²) in [5.41, 5.74) is 8.49. The van der Waals surface area contributed by atoms with Crippen molar-refractivity contribution in [3.63, 3.8) is 0 Å². The molecule has 0 aromatic heterocycles. The van der Waals surface area contributed by atoms with Crippen molar-refractivity contribution >= 4 is 5.69 Å². The number of rotatable bonds is 5. The second kappa shape index (κ2) is 5.77. The monoisotopic (exact) mass is 276 g/mol. The molecule has 0 saturated heterocycles. The zero-order valence-electron chi connectivity index (χ0n) is 14.3. The van der Waals surface area contributed by atoms with Crippen LogP contribution >= 0.6 is 0 Å². The second-order valence-corrected chi connectivity index (χ2v) is 8.48. The lowest BCUT2D eigenvalue weighted by Crippen LogP contribution is -2.47. The minimum Gasteiger partial charge on any atom is -0.399 e. The van der Waals surface area contributed by atoms with E-state index in [-0.39, 0.29) is 11.0 Å². The van der Waals surface area contributed by atoms with Crippen LogP contribution in [0.15, 0.2) is 24.3 Å². The van der Waals surface area contributed by atoms with E-state index in [1.807, 2.05) is 12.1 Å². The molecule has 1 rings (SSSR count). The smallest absolute Gasteiger partial charge is 0.0314 e. The summed E-state index contributed by atoms with van der Waals surface area (Å²) in [6.45, 7) is 17.0. The molecule has 0 bridgehead atoms. The summed E-state index contributed by atoms with van der Waals surface area (Å²) in [5.74, 6) is 0. The van der Waals surface area contributed by atoms with Crippen LogP contribution in [0.1, 0.15) is 60.5 Å². The Balaban J connectivity index is 2.69. The van der Waals surface area contributed by atoms with Crippen molar-refractivity contribution in [3.05, 3.63) is 29.8 Å². The fraction of sp³-hybridized carbons (Fsp3) is 0.667. The Kier molecular flexibility index (Phi) is 4.91. The molecular weight excluding hydrogens is 244 g/mol. The van der Waals surface area contributed by atoms with Crippen molar-refractivity contribution in [2.45, 2.75) is 65.8 Å². The molecule has 1 aromatic rings. The molecule has 0 fully saturated rings. The summed E-state index contributed by atoms with van der Waals surface area (Å²) in [6.07, 6.45) is 1.15. The van der Waals surface area contributed by atoms with Gasteiger partial charge in [-0.2, -0.15) is 0 Å². The van der Waals surface area contributed by atoms with E-state index in [1.54, 1.807) is 0 Å². The van der Waals surface area contributed by atoms with Crippen LogP contribution < -0.4 is 11.1 Å². The van der Waals surface area contributed by atoms with E-state index in [0.717, 1.165) is 18.7 Å². The first-order valence-corrected chi connectivity index (χ1v) is 7.52. The number of nitrogens with two attached hydrogens (primary N) is 1. The van der Waals surface area contributed by atoms with Crippen LogP contribution in [0.25, 0.3) is 0 Å². The average molecular weight is 276 g/mol. The molecule has 2 nitrogen and oxygen atoms in total. The van der Waals surface area contributed by atoms with Crippen molar-refractivity contribution < 1.29 is 0 Å². The molecule has 0 radical (unpaired) electrons. The summed E-state index contributed by atoms with van der Waals surface area (Å²) in [4.78, 5) is 0. The zero-order valence-corrected chi connectivity index (χ0v) is 14.3. The highest BCUT2D eigenvalue weighted by atomic mass is 15.0. The molecule has 20 heavy (non-hydrogen) atoms. The maximum atomic E-state index is 5.77. The number of hydrogen-bond acceptors (Lipinski definition) is 2. The fourth-order valence-corrected chi connectivity index (χ4v) is 2.88. The summed E-state index contributed by atoms with van der Waals surface area (Å²) in [7, 11) is 0. The van der Waals surface area contributed by atoms with Gasteiger partial charge in [-0.25, -0.2) is 0 Å². The van der Waals surface area contributed by atoms with E-state index in [0.29, 0.717) is 5.41 Å². The van der Waals surface area contributed by atoms with E-state index in [2.05, 4.69) is 65.9 Å². The van der Waals surface area contributed by atoms with Crippen LogP contribution in [-0.4, -0.2) is 12.1 Å². The summed E-state index contributed by atoms with van der Waals surface area (Å²) in [5, 5.41) is 3.74. The molecule has 0 unspecified atom stereocenters. The van der Waals surface area contributed by atoms with Crippen LogP contribution in [0.2, 0.25) is 0 Å². The molecule has 2 heteroatoms. The summed E-state index contributed by atoms with van der Waals surface area (Å²) >= 11 is 0. The maximum absolute atomic E-state index is 5.77. The quantitative estimate of drug-likeness (QED) is 0.785. The Morgan fingerprint density at radius 2 is 1.40 bits per heavy atom. The molecule has 0 aliphatic carbocycles. The molecule has 0 amide bonds. The predicted molar refractivity (Wildman–Crippen MR) is 90.0 cm³/mol. The SMILES string of the molecule is CC(C)(C)CC(C)(C)NCC(C)(C)c1ccc(N)cc1. The normalized spacial score (nSPS) is 13.6. The highest BCUT2D eigenvalue weighted by Gasteiger charge is 2.28. The highest BCUT2D eigenvalue weighted by molar-refractivity contribution is 5.41. The van der Waals surface area contributed by atoms with Gasteiger partial charge < -0.3 is 11.1 Å². The van der Waals surface area contributed by atoms with Crippen molar-refractivity contribution in [1.29, 1.82) is 0 Å². The summed E-state index contributed by atoms with van der Waals surface area (Å²) < 4.78 is 0. The Morgan fingerprint density at radius 3 is 1.85 bits per heavy atom. The van der Waals surface area contributed by atoms with Gasteiger partial charge in [-0.05, 0) is 43.4 Å². The Bertz CT molecular complexity index is 422. The first-order valence-electron chi connectivity index (χ1n) is 7.52. The molecule has 114 valence electrons. The Hall–Kier alpha value is -1.02. The van der Waals surface area contributed by atoms with E-state index < -0.39 is 0 Å². The number of nitrogen functional groups attached to an aromatic ring is 1. The van der Waals surface area contributed by atoms with Crippen molar-refractivity contribution in [2.75, 3.05) is 12.3 Å². The number of benzene rings is 1. The Morgan fingerprint density at radius 1 is 0.900 bits per heavy atom. The van der Waals surface area contributed by atoms with Gasteiger partial charge in [0.15, 0.2) is 0 Å². The number of nitrogens with one attached hydrogen (secondary N) is 1. The van der Waals surface area contributed by atoms with Gasteiger partial charge in [-0.3, -0.25) is 0 Å². The lowest BCUT2D eigenvalue weighted by molar-refractivity contribution is 0.230. The lowest BCUT2D eigenvalue weighted by Gasteiger charge is -2.37. The second-order valence-electron chi connectivity index (χ2n) is 8.48. The third-order valence-electron chi connectivity index (χ3n) is 3.67. The maximum Gasteiger partial charge on any atom is 0.0314 e. The van der Waals surface area contributed by atoms with Crippen LogP contribution in [-0.2, 0) is 5.41 Å². The molecule has 0 saturated carbocycles. The minimum atomic E-state index is 0.100. The number of anilines is 1. The third-order valence-corrected chi connectivity index (χ3v) is 3.67. The molecular formula is C18H32N2. The van der Waals surface area contributed by atoms with Crippen molar-refractivity contribution in [3.8, 4) is 0 Å². The minimum absolute atomic E-state index is 0.100. The number of hydrogen-bond donors (Lipinski definition) is 2. The van der Waals surface area contributed by atoms with Crippen LogP contribution in [0.5, 0.6) is 0 Å². The molecule has 1 aromatic carbocycles. The molecule has 0 aliphatic heterocycles. The van der Waals surface area contributed by atoms with Gasteiger partial charge in [0.2, 0.25) is 0 Å². The Labute approximate surface area is 125 Å². The molecule has 0 aliphatic rings. The topological polar surface area (TPSA) is 38.0 Å². The first kappa shape index (κ1) is 17.0. The van der Waals surface area contributed by atoms with Crippen molar-refractivity contribution in [1.82, 2.24) is 5.32 Å². The van der Waals surface area contributed by atoms with Gasteiger partial charge in [0.25, 0.3) is 0 Å². The van der Waals surface area contributed by atoms with Crippen LogP contribution in [0.3, 0.4) is 0 Å². The third kappa shape index (κ3) is 5.54. The van der Waals surface area contributed by atoms with Gasteiger partial charge in [0.1, 0.15) is 0 Å². The highest BCUT2D eigenvalue weighted by Crippen LogP contribution is 2.29. The standard InChI is InChI=1S/C18H32N2/c1-16(2,3)12-18(6,7)20-13-17(4,5)14-8-10-15(19)11-9-14/h8-11,20H,12-13,19H2,1-7H3. The molecule has 0 heterocycles. The van der Waals surface area contributed by atoms with Gasteiger partial charge in [0, 0.05) is 23.2 Å². The van der Waals surface area contributed by atoms with E-state index in [9.17, 15) is 0 Å². The van der Waals surface area contributed by atoms with E-state index in [4.69, 9.17) is 5.73 Å². The lowest BCUT2D eigenvalue weighted by atomic mass is 9.79. The van der Waals surface area contributed by atoms with Gasteiger partial charge in [-0.1, -0.05) is 46.8 Å². The van der Waals surface area contributed by atoms with Crippen LogP contribution in [0.4, 0.5) is 5.69 Å². The predicted octanol–water partition coefficient (Wildman–Crippen LogP) is 4.35. The largest absolute Gasteiger partial charge is 0.399 e. The molecule has 3 N–H and O–H groups in total. The van der Waals surface area contributed by atoms with Gasteiger partial charge >= 0.3 is 0 Å². The average Bonchev–Trinajstić information content (AvgIpc) is 2.24. The van der Waals surface area contributed by atoms with Crippen LogP contribution in [0, 0.1) is 5.41 Å². The van der Waals surface area contributed by atoms with E-state index >= 15 is 0 Å². The first-order chi connectivity index (χ1) is 8.91. The fourth-order valence-electron chi connectivity index (χ4n) is 2.88. The van der Waals surface area contributed by atoms with Gasteiger partial charge in [0.05, 0.1) is 0 Å². The molecule has 0 atom stereocenters. The van der Waals surface area contributed by atoms with Gasteiger partial charge in [-0.15, -0.1) is 0 Å². The zero-order chi connectivity index (χ0) is 15.6.